The molecule has 8 nitrogen and oxygen atoms in total. The first-order valence-electron chi connectivity index (χ1n) is 10.00. The summed E-state index contributed by atoms with van der Waals surface area (Å²) < 4.78 is 1.65. The minimum atomic E-state index is -0.293. The van der Waals surface area contributed by atoms with Gasteiger partial charge in [-0.1, -0.05) is 36.0 Å². The Morgan fingerprint density at radius 1 is 0.969 bits per heavy atom. The number of carbonyl (C=O) groups is 2. The lowest BCUT2D eigenvalue weighted by Crippen LogP contribution is -2.19. The first kappa shape index (κ1) is 21.5. The van der Waals surface area contributed by atoms with Crippen LogP contribution in [0.1, 0.15) is 27.3 Å². The number of anilines is 2. The van der Waals surface area contributed by atoms with Crippen molar-refractivity contribution in [3.63, 3.8) is 0 Å². The molecule has 0 aliphatic heterocycles. The van der Waals surface area contributed by atoms with Crippen LogP contribution in [-0.2, 0) is 4.79 Å². The second kappa shape index (κ2) is 9.19. The van der Waals surface area contributed by atoms with Gasteiger partial charge in [-0.25, -0.2) is 9.50 Å². The zero-order valence-electron chi connectivity index (χ0n) is 17.9. The van der Waals surface area contributed by atoms with Gasteiger partial charge < -0.3 is 10.6 Å². The molecule has 4 rings (SSSR count). The molecule has 0 radical (unpaired) electrons. The lowest BCUT2D eigenvalue weighted by Gasteiger charge is -2.11. The lowest BCUT2D eigenvalue weighted by molar-refractivity contribution is -0.113. The molecule has 9 heteroatoms. The van der Waals surface area contributed by atoms with Gasteiger partial charge in [-0.15, -0.1) is 5.10 Å². The molecule has 0 fully saturated rings. The monoisotopic (exact) mass is 446 g/mol. The molecule has 0 aliphatic carbocycles. The van der Waals surface area contributed by atoms with Gasteiger partial charge in [0, 0.05) is 17.1 Å². The van der Waals surface area contributed by atoms with Crippen molar-refractivity contribution in [3.8, 4) is 0 Å². The van der Waals surface area contributed by atoms with Crippen molar-refractivity contribution in [1.82, 2.24) is 19.6 Å². The number of rotatable bonds is 6. The van der Waals surface area contributed by atoms with Crippen molar-refractivity contribution in [2.45, 2.75) is 25.9 Å². The van der Waals surface area contributed by atoms with E-state index in [1.807, 2.05) is 51.1 Å². The highest BCUT2D eigenvalue weighted by Crippen LogP contribution is 2.20. The third kappa shape index (κ3) is 4.94. The highest BCUT2D eigenvalue weighted by molar-refractivity contribution is 7.99. The zero-order chi connectivity index (χ0) is 22.7. The Morgan fingerprint density at radius 2 is 1.78 bits per heavy atom. The molecule has 0 unspecified atom stereocenters. The number of amides is 2. The van der Waals surface area contributed by atoms with Crippen LogP contribution in [0.25, 0.3) is 5.78 Å². The zero-order valence-corrected chi connectivity index (χ0v) is 18.7. The van der Waals surface area contributed by atoms with E-state index in [0.29, 0.717) is 27.9 Å². The molecule has 0 atom stereocenters. The summed E-state index contributed by atoms with van der Waals surface area (Å²) in [5.74, 6) is 0.0510. The fourth-order valence-corrected chi connectivity index (χ4v) is 3.85. The van der Waals surface area contributed by atoms with Gasteiger partial charge in [-0.05, 0) is 56.7 Å². The summed E-state index contributed by atoms with van der Waals surface area (Å²) in [7, 11) is 0. The molecular formula is C23H22N6O2S. The van der Waals surface area contributed by atoms with Crippen molar-refractivity contribution in [3.05, 3.63) is 77.1 Å². The van der Waals surface area contributed by atoms with Crippen molar-refractivity contribution in [2.24, 2.45) is 0 Å². The Morgan fingerprint density at radius 3 is 2.59 bits per heavy atom. The van der Waals surface area contributed by atoms with Crippen LogP contribution in [0.5, 0.6) is 0 Å². The fraction of sp³-hybridized carbons (Fsp3) is 0.174. The van der Waals surface area contributed by atoms with E-state index in [-0.39, 0.29) is 17.6 Å². The Bertz CT molecular complexity index is 1320. The van der Waals surface area contributed by atoms with Crippen LogP contribution >= 0.6 is 11.8 Å². The number of aromatic nitrogens is 4. The van der Waals surface area contributed by atoms with Crippen LogP contribution in [0, 0.1) is 20.8 Å². The van der Waals surface area contributed by atoms with Gasteiger partial charge in [0.25, 0.3) is 11.7 Å². The Balaban J connectivity index is 1.42. The molecule has 2 N–H and O–H groups in total. The highest BCUT2D eigenvalue weighted by Gasteiger charge is 2.15. The topological polar surface area (TPSA) is 101 Å². The van der Waals surface area contributed by atoms with E-state index in [4.69, 9.17) is 0 Å². The quantitative estimate of drug-likeness (QED) is 0.434. The highest BCUT2D eigenvalue weighted by atomic mass is 32.2. The van der Waals surface area contributed by atoms with E-state index >= 15 is 0 Å². The summed E-state index contributed by atoms with van der Waals surface area (Å²) in [6.45, 7) is 5.78. The van der Waals surface area contributed by atoms with Gasteiger partial charge in [0.2, 0.25) is 11.1 Å². The molecule has 0 saturated heterocycles. The first-order chi connectivity index (χ1) is 15.4. The molecule has 0 spiro atoms. The summed E-state index contributed by atoms with van der Waals surface area (Å²) in [6.07, 6.45) is 0. The standard InChI is InChI=1S/C23H22N6O2S/c1-14-7-6-8-17(11-14)25-21(31)18-9-4-5-10-19(18)26-20(30)13-32-23-27-22-24-15(2)12-16(3)29(22)28-23/h4-12H,13H2,1-3H3,(H,25,31)(H,26,30). The normalized spacial score (nSPS) is 10.8. The van der Waals surface area contributed by atoms with Crippen LogP contribution in [-0.4, -0.2) is 37.1 Å². The first-order valence-corrected chi connectivity index (χ1v) is 11.0. The molecule has 2 aromatic heterocycles. The number of carbonyl (C=O) groups excluding carboxylic acids is 2. The third-order valence-electron chi connectivity index (χ3n) is 4.65. The van der Waals surface area contributed by atoms with E-state index in [9.17, 15) is 9.59 Å². The van der Waals surface area contributed by atoms with E-state index < -0.39 is 0 Å². The Labute approximate surface area is 189 Å². The maximum atomic E-state index is 12.8. The summed E-state index contributed by atoms with van der Waals surface area (Å²) >= 11 is 1.21. The predicted molar refractivity (Wildman–Crippen MR) is 125 cm³/mol. The number of hydrogen-bond acceptors (Lipinski definition) is 6. The minimum Gasteiger partial charge on any atom is -0.325 e. The number of thioether (sulfide) groups is 1. The predicted octanol–water partition coefficient (Wildman–Crippen LogP) is 4.03. The molecule has 32 heavy (non-hydrogen) atoms. The van der Waals surface area contributed by atoms with E-state index in [1.165, 1.54) is 11.8 Å². The number of hydrogen-bond donors (Lipinski definition) is 2. The molecule has 2 amide bonds. The summed E-state index contributed by atoms with van der Waals surface area (Å²) in [4.78, 5) is 34.1. The fourth-order valence-electron chi connectivity index (χ4n) is 3.24. The average Bonchev–Trinajstić information content (AvgIpc) is 3.16. The van der Waals surface area contributed by atoms with Crippen LogP contribution in [0.15, 0.2) is 59.8 Å². The number of nitrogens with one attached hydrogen (secondary N) is 2. The molecule has 162 valence electrons. The van der Waals surface area contributed by atoms with Gasteiger partial charge in [0.15, 0.2) is 0 Å². The van der Waals surface area contributed by atoms with E-state index in [2.05, 4.69) is 25.7 Å². The molecule has 0 bridgehead atoms. The van der Waals surface area contributed by atoms with Crippen molar-refractivity contribution in [2.75, 3.05) is 16.4 Å². The van der Waals surface area contributed by atoms with Gasteiger partial charge in [-0.3, -0.25) is 9.59 Å². The SMILES string of the molecule is Cc1cccc(NC(=O)c2ccccc2NC(=O)CSc2nc3nc(C)cc(C)n3n2)c1. The van der Waals surface area contributed by atoms with E-state index in [0.717, 1.165) is 17.0 Å². The van der Waals surface area contributed by atoms with Gasteiger partial charge in [0.1, 0.15) is 0 Å². The summed E-state index contributed by atoms with van der Waals surface area (Å²) in [5, 5.41) is 10.5. The van der Waals surface area contributed by atoms with Crippen molar-refractivity contribution in [1.29, 1.82) is 0 Å². The molecule has 0 aliphatic rings. The summed E-state index contributed by atoms with van der Waals surface area (Å²) in [5.41, 5.74) is 4.35. The number of fused-ring (bicyclic) bond motifs is 1. The maximum Gasteiger partial charge on any atom is 0.257 e. The average molecular weight is 447 g/mol. The molecule has 4 aromatic rings. The van der Waals surface area contributed by atoms with Gasteiger partial charge in [0.05, 0.1) is 17.0 Å². The molecular weight excluding hydrogens is 424 g/mol. The third-order valence-corrected chi connectivity index (χ3v) is 5.49. The number of nitrogens with zero attached hydrogens (tertiary/aromatic N) is 4. The molecule has 2 heterocycles. The number of para-hydroxylation sites is 1. The number of aryl methyl sites for hydroxylation is 3. The number of benzene rings is 2. The largest absolute Gasteiger partial charge is 0.325 e. The molecule has 0 saturated carbocycles. The smallest absolute Gasteiger partial charge is 0.257 e. The van der Waals surface area contributed by atoms with Gasteiger partial charge >= 0.3 is 0 Å². The maximum absolute atomic E-state index is 12.8. The van der Waals surface area contributed by atoms with Gasteiger partial charge in [-0.2, -0.15) is 4.98 Å². The van der Waals surface area contributed by atoms with E-state index in [1.54, 1.807) is 28.8 Å². The van der Waals surface area contributed by atoms with Crippen LogP contribution in [0.3, 0.4) is 0 Å². The second-order valence-electron chi connectivity index (χ2n) is 7.35. The lowest BCUT2D eigenvalue weighted by atomic mass is 10.1. The minimum absolute atomic E-state index is 0.0999. The van der Waals surface area contributed by atoms with Crippen LogP contribution in [0.2, 0.25) is 0 Å². The molecule has 2 aromatic carbocycles. The van der Waals surface area contributed by atoms with Crippen molar-refractivity contribution < 1.29 is 9.59 Å². The van der Waals surface area contributed by atoms with Crippen LogP contribution in [0.4, 0.5) is 11.4 Å². The van der Waals surface area contributed by atoms with Crippen LogP contribution < -0.4 is 10.6 Å². The summed E-state index contributed by atoms with van der Waals surface area (Å²) in [6, 6.07) is 16.4. The Kier molecular flexibility index (Phi) is 6.18. The van der Waals surface area contributed by atoms with Crippen molar-refractivity contribution >= 4 is 40.7 Å². The second-order valence-corrected chi connectivity index (χ2v) is 8.29. The Hall–Kier alpha value is -3.72.